The molecule has 2 rings (SSSR count). The highest BCUT2D eigenvalue weighted by molar-refractivity contribution is 6.30. The fraction of sp³-hybridized carbons (Fsp3) is 0.471. The summed E-state index contributed by atoms with van der Waals surface area (Å²) >= 11 is 5.14. The van der Waals surface area contributed by atoms with E-state index in [9.17, 15) is 22.4 Å². The maximum Gasteiger partial charge on any atom is 0.310 e. The zero-order valence-electron chi connectivity index (χ0n) is 13.6. The van der Waals surface area contributed by atoms with Gasteiger partial charge in [-0.2, -0.15) is 0 Å². The fourth-order valence-corrected chi connectivity index (χ4v) is 2.97. The minimum Gasteiger partial charge on any atom is -0.460 e. The van der Waals surface area contributed by atoms with Gasteiger partial charge in [-0.05, 0) is 25.2 Å². The molecule has 1 aliphatic carbocycles. The summed E-state index contributed by atoms with van der Waals surface area (Å²) in [5.74, 6) is -7.95. The van der Waals surface area contributed by atoms with Crippen LogP contribution in [0.3, 0.4) is 0 Å². The second-order valence-electron chi connectivity index (χ2n) is 6.73. The minimum atomic E-state index is -1.71. The number of ether oxygens (including phenoxy) is 1. The van der Waals surface area contributed by atoms with Crippen molar-refractivity contribution < 1.29 is 27.1 Å². The smallest absolute Gasteiger partial charge is 0.310 e. The lowest BCUT2D eigenvalue weighted by Gasteiger charge is -2.10. The van der Waals surface area contributed by atoms with Crippen LogP contribution in [0.2, 0.25) is 5.02 Å². The first-order chi connectivity index (χ1) is 11.0. The minimum absolute atomic E-state index is 0.0524. The Labute approximate surface area is 142 Å². The Hall–Kier alpha value is -1.56. The van der Waals surface area contributed by atoms with Crippen molar-refractivity contribution in [3.63, 3.8) is 0 Å². The Kier molecular flexibility index (Phi) is 5.00. The molecule has 0 aromatic heterocycles. The van der Waals surface area contributed by atoms with E-state index in [4.69, 9.17) is 16.3 Å². The summed E-state index contributed by atoms with van der Waals surface area (Å²) in [7, 11) is 0. The molecule has 24 heavy (non-hydrogen) atoms. The van der Waals surface area contributed by atoms with Crippen LogP contribution in [0.15, 0.2) is 11.6 Å². The van der Waals surface area contributed by atoms with Gasteiger partial charge in [-0.3, -0.25) is 4.79 Å². The van der Waals surface area contributed by atoms with E-state index in [0.717, 1.165) is 5.57 Å². The zero-order chi connectivity index (χ0) is 18.4. The van der Waals surface area contributed by atoms with Gasteiger partial charge in [0.25, 0.3) is 0 Å². The molecular weight excluding hydrogens is 348 g/mol. The first-order valence-corrected chi connectivity index (χ1v) is 7.69. The summed E-state index contributed by atoms with van der Waals surface area (Å²) in [6.45, 7) is 6.61. The van der Waals surface area contributed by atoms with E-state index in [2.05, 4.69) is 0 Å². The number of hydrogen-bond acceptors (Lipinski definition) is 2. The molecule has 1 aromatic carbocycles. The number of rotatable bonds is 4. The first kappa shape index (κ1) is 18.8. The molecule has 0 saturated heterocycles. The van der Waals surface area contributed by atoms with Gasteiger partial charge in [0.05, 0.1) is 11.5 Å². The standard InChI is InChI=1S/C17H17ClF4O2/c1-7(2)5-9-10(17(9,3)4)16(23)24-6-8-12(19)14(21)11(18)15(22)13(8)20/h5,9-10H,6H2,1-4H3/t9-,10+/m1/s1. The maximum atomic E-state index is 13.7. The monoisotopic (exact) mass is 364 g/mol. The number of halogens is 5. The van der Waals surface area contributed by atoms with Crippen molar-refractivity contribution in [1.82, 2.24) is 0 Å². The molecule has 2 nitrogen and oxygen atoms in total. The van der Waals surface area contributed by atoms with Gasteiger partial charge >= 0.3 is 5.97 Å². The molecule has 0 unspecified atom stereocenters. The highest BCUT2D eigenvalue weighted by atomic mass is 35.5. The molecule has 0 radical (unpaired) electrons. The molecule has 1 fully saturated rings. The molecule has 1 aliphatic rings. The maximum absolute atomic E-state index is 13.7. The van der Waals surface area contributed by atoms with Crippen LogP contribution in [0.25, 0.3) is 0 Å². The predicted octanol–water partition coefficient (Wildman–Crippen LogP) is 5.18. The Balaban J connectivity index is 2.16. The summed E-state index contributed by atoms with van der Waals surface area (Å²) in [6.07, 6.45) is 1.93. The molecule has 0 bridgehead atoms. The zero-order valence-corrected chi connectivity index (χ0v) is 14.4. The normalized spacial score (nSPS) is 21.4. The van der Waals surface area contributed by atoms with Gasteiger partial charge in [0.1, 0.15) is 11.6 Å². The highest BCUT2D eigenvalue weighted by Crippen LogP contribution is 2.59. The van der Waals surface area contributed by atoms with E-state index in [1.165, 1.54) is 0 Å². The van der Waals surface area contributed by atoms with Crippen LogP contribution in [0.1, 0.15) is 33.3 Å². The number of hydrogen-bond donors (Lipinski definition) is 0. The molecular formula is C17H17ClF4O2. The van der Waals surface area contributed by atoms with Gasteiger partial charge in [-0.15, -0.1) is 0 Å². The molecule has 7 heteroatoms. The van der Waals surface area contributed by atoms with Crippen molar-refractivity contribution in [3.05, 3.63) is 45.5 Å². The summed E-state index contributed by atoms with van der Waals surface area (Å²) in [4.78, 5) is 12.1. The predicted molar refractivity (Wildman–Crippen MR) is 81.3 cm³/mol. The van der Waals surface area contributed by atoms with Crippen molar-refractivity contribution in [2.45, 2.75) is 34.3 Å². The third kappa shape index (κ3) is 3.16. The highest BCUT2D eigenvalue weighted by Gasteiger charge is 2.61. The van der Waals surface area contributed by atoms with Crippen LogP contribution in [-0.4, -0.2) is 5.97 Å². The second-order valence-corrected chi connectivity index (χ2v) is 7.10. The SMILES string of the molecule is CC(C)=C[C@@H]1[C@@H](C(=O)OCc2c(F)c(F)c(Cl)c(F)c2F)C1(C)C. The third-order valence-electron chi connectivity index (χ3n) is 4.34. The van der Waals surface area contributed by atoms with Crippen LogP contribution in [-0.2, 0) is 16.1 Å². The Morgan fingerprint density at radius 3 is 2.08 bits per heavy atom. The molecule has 1 saturated carbocycles. The van der Waals surface area contributed by atoms with E-state index in [1.54, 1.807) is 0 Å². The van der Waals surface area contributed by atoms with Gasteiger partial charge in [-0.1, -0.05) is 37.1 Å². The van der Waals surface area contributed by atoms with Crippen LogP contribution >= 0.6 is 11.6 Å². The number of carbonyl (C=O) groups is 1. The Morgan fingerprint density at radius 1 is 1.12 bits per heavy atom. The van der Waals surface area contributed by atoms with E-state index in [0.29, 0.717) is 0 Å². The molecule has 0 amide bonds. The number of carbonyl (C=O) groups excluding carboxylic acids is 1. The second kappa shape index (κ2) is 6.39. The third-order valence-corrected chi connectivity index (χ3v) is 4.67. The lowest BCUT2D eigenvalue weighted by molar-refractivity contribution is -0.147. The van der Waals surface area contributed by atoms with E-state index < -0.39 is 52.3 Å². The Bertz CT molecular complexity index is 695. The lowest BCUT2D eigenvalue weighted by Crippen LogP contribution is -2.13. The van der Waals surface area contributed by atoms with Crippen molar-refractivity contribution in [2.24, 2.45) is 17.3 Å². The summed E-state index contributed by atoms with van der Waals surface area (Å²) in [5, 5.41) is -1.27. The molecule has 2 atom stereocenters. The number of esters is 1. The largest absolute Gasteiger partial charge is 0.460 e. The van der Waals surface area contributed by atoms with Crippen LogP contribution in [0.4, 0.5) is 17.6 Å². The average molecular weight is 365 g/mol. The number of allylic oxidation sites excluding steroid dienone is 2. The van der Waals surface area contributed by atoms with Crippen molar-refractivity contribution in [1.29, 1.82) is 0 Å². The molecule has 1 aromatic rings. The summed E-state index contributed by atoms with van der Waals surface area (Å²) in [5.41, 5.74) is -0.315. The average Bonchev–Trinajstić information content (AvgIpc) is 3.02. The van der Waals surface area contributed by atoms with Crippen LogP contribution < -0.4 is 0 Å². The molecule has 0 N–H and O–H groups in total. The molecule has 0 spiro atoms. The topological polar surface area (TPSA) is 26.3 Å². The van der Waals surface area contributed by atoms with Gasteiger partial charge in [-0.25, -0.2) is 17.6 Å². The molecule has 0 aliphatic heterocycles. The summed E-state index contributed by atoms with van der Waals surface area (Å²) in [6, 6.07) is 0. The van der Waals surface area contributed by atoms with Gasteiger partial charge in [0.2, 0.25) is 0 Å². The van der Waals surface area contributed by atoms with Crippen molar-refractivity contribution >= 4 is 17.6 Å². The van der Waals surface area contributed by atoms with E-state index in [-0.39, 0.29) is 11.3 Å². The molecule has 0 heterocycles. The van der Waals surface area contributed by atoms with Crippen molar-refractivity contribution in [2.75, 3.05) is 0 Å². The number of benzene rings is 1. The van der Waals surface area contributed by atoms with Crippen molar-refractivity contribution in [3.8, 4) is 0 Å². The first-order valence-electron chi connectivity index (χ1n) is 7.32. The van der Waals surface area contributed by atoms with E-state index in [1.807, 2.05) is 33.8 Å². The lowest BCUT2D eigenvalue weighted by atomic mass is 10.1. The van der Waals surface area contributed by atoms with Gasteiger partial charge in [0.15, 0.2) is 23.3 Å². The van der Waals surface area contributed by atoms with E-state index >= 15 is 0 Å². The van der Waals surface area contributed by atoms with Crippen LogP contribution in [0.5, 0.6) is 0 Å². The fourth-order valence-electron chi connectivity index (χ4n) is 2.81. The summed E-state index contributed by atoms with van der Waals surface area (Å²) < 4.78 is 59.1. The Morgan fingerprint density at radius 2 is 1.62 bits per heavy atom. The van der Waals surface area contributed by atoms with Gasteiger partial charge < -0.3 is 4.74 Å². The van der Waals surface area contributed by atoms with Gasteiger partial charge in [0, 0.05) is 0 Å². The molecule has 132 valence electrons. The quantitative estimate of drug-likeness (QED) is 0.242. The van der Waals surface area contributed by atoms with Crippen LogP contribution in [0, 0.1) is 40.5 Å².